The van der Waals surface area contributed by atoms with Crippen molar-refractivity contribution in [3.8, 4) is 0 Å². The van der Waals surface area contributed by atoms with Crippen LogP contribution in [0.1, 0.15) is 41.6 Å². The number of piperidine rings is 1. The highest BCUT2D eigenvalue weighted by Gasteiger charge is 2.27. The second kappa shape index (κ2) is 8.55. The van der Waals surface area contributed by atoms with Gasteiger partial charge in [-0.1, -0.05) is 11.3 Å². The largest absolute Gasteiger partial charge is 0.326 e. The van der Waals surface area contributed by atoms with Crippen LogP contribution in [-0.4, -0.2) is 58.2 Å². The van der Waals surface area contributed by atoms with Gasteiger partial charge in [-0.2, -0.15) is 0 Å². The van der Waals surface area contributed by atoms with Crippen LogP contribution in [-0.2, 0) is 11.2 Å². The molecule has 1 N–H and O–H groups in total. The highest BCUT2D eigenvalue weighted by atomic mass is 32.1. The van der Waals surface area contributed by atoms with Gasteiger partial charge in [0.05, 0.1) is 0 Å². The molecule has 0 saturated carbocycles. The zero-order chi connectivity index (χ0) is 22.2. The average molecular weight is 451 g/mol. The van der Waals surface area contributed by atoms with Crippen molar-refractivity contribution in [2.75, 3.05) is 36.9 Å². The average Bonchev–Trinajstić information content (AvgIpc) is 3.39. The van der Waals surface area contributed by atoms with E-state index < -0.39 is 0 Å². The number of likely N-dealkylation sites (tertiary alicyclic amines) is 1. The number of nitrogens with one attached hydrogen (secondary N) is 1. The van der Waals surface area contributed by atoms with Crippen LogP contribution in [0.5, 0.6) is 0 Å². The Labute approximate surface area is 190 Å². The van der Waals surface area contributed by atoms with Gasteiger partial charge in [-0.3, -0.25) is 9.59 Å². The number of thiazole rings is 1. The lowest BCUT2D eigenvalue weighted by Crippen LogP contribution is -2.31. The van der Waals surface area contributed by atoms with E-state index in [1.807, 2.05) is 18.2 Å². The number of amides is 1. The normalized spacial score (nSPS) is 17.0. The SMILES string of the molecule is CC(=O)Nc1ccc2c(c1)CCN2c1ncnc2sc(C(=O)CC3CCN(C)CC3)nc12. The van der Waals surface area contributed by atoms with Crippen LogP contribution in [0.2, 0.25) is 0 Å². The fourth-order valence-electron chi connectivity index (χ4n) is 4.58. The molecule has 3 aromatic rings. The van der Waals surface area contributed by atoms with Gasteiger partial charge < -0.3 is 15.1 Å². The van der Waals surface area contributed by atoms with Crippen LogP contribution >= 0.6 is 11.3 Å². The van der Waals surface area contributed by atoms with Gasteiger partial charge in [-0.25, -0.2) is 15.0 Å². The lowest BCUT2D eigenvalue weighted by atomic mass is 9.92. The fourth-order valence-corrected chi connectivity index (χ4v) is 5.43. The first-order chi connectivity index (χ1) is 15.5. The van der Waals surface area contributed by atoms with E-state index in [4.69, 9.17) is 4.98 Å². The molecule has 8 nitrogen and oxygen atoms in total. The molecule has 0 unspecified atom stereocenters. The molecule has 1 fully saturated rings. The maximum Gasteiger partial charge on any atom is 0.221 e. The molecular weight excluding hydrogens is 424 g/mol. The van der Waals surface area contributed by atoms with Gasteiger partial charge >= 0.3 is 0 Å². The first-order valence-electron chi connectivity index (χ1n) is 11.0. The van der Waals surface area contributed by atoms with Crippen LogP contribution in [0.3, 0.4) is 0 Å². The van der Waals surface area contributed by atoms with E-state index in [-0.39, 0.29) is 11.7 Å². The molecule has 1 aromatic carbocycles. The summed E-state index contributed by atoms with van der Waals surface area (Å²) in [6.45, 7) is 4.36. The third-order valence-electron chi connectivity index (χ3n) is 6.28. The minimum absolute atomic E-state index is 0.0859. The number of carbonyl (C=O) groups is 2. The van der Waals surface area contributed by atoms with E-state index in [2.05, 4.69) is 32.1 Å². The van der Waals surface area contributed by atoms with Crippen molar-refractivity contribution in [2.24, 2.45) is 5.92 Å². The number of ketones is 1. The number of hydrogen-bond acceptors (Lipinski definition) is 8. The molecule has 0 spiro atoms. The van der Waals surface area contributed by atoms with Crippen molar-refractivity contribution >= 4 is 50.6 Å². The number of anilines is 3. The standard InChI is InChI=1S/C23H26N6O2S/c1-14(30)26-17-3-4-18-16(12-17)7-10-29(18)21-20-23(25-13-24-21)32-22(27-20)19(31)11-15-5-8-28(2)9-6-15/h3-4,12-13,15H,5-11H2,1-2H3,(H,26,30). The lowest BCUT2D eigenvalue weighted by Gasteiger charge is -2.28. The molecular formula is C23H26N6O2S. The van der Waals surface area contributed by atoms with Gasteiger partial charge in [0.15, 0.2) is 16.6 Å². The summed E-state index contributed by atoms with van der Waals surface area (Å²) in [5, 5.41) is 3.37. The maximum atomic E-state index is 13.0. The number of aromatic nitrogens is 3. The van der Waals surface area contributed by atoms with Gasteiger partial charge in [0.2, 0.25) is 5.91 Å². The predicted octanol–water partition coefficient (Wildman–Crippen LogP) is 3.65. The van der Waals surface area contributed by atoms with Crippen molar-refractivity contribution in [1.29, 1.82) is 0 Å². The molecule has 166 valence electrons. The molecule has 2 aliphatic rings. The fraction of sp³-hybridized carbons (Fsp3) is 0.435. The molecule has 0 atom stereocenters. The van der Waals surface area contributed by atoms with Gasteiger partial charge in [0, 0.05) is 31.3 Å². The van der Waals surface area contributed by atoms with Crippen LogP contribution in [0.4, 0.5) is 17.2 Å². The summed E-state index contributed by atoms with van der Waals surface area (Å²) in [6, 6.07) is 5.90. The first-order valence-corrected chi connectivity index (χ1v) is 11.8. The van der Waals surface area contributed by atoms with Crippen molar-refractivity contribution < 1.29 is 9.59 Å². The third-order valence-corrected chi connectivity index (χ3v) is 7.28. The van der Waals surface area contributed by atoms with E-state index in [0.717, 1.165) is 66.5 Å². The number of Topliss-reactive ketones (excluding diaryl/α,β-unsaturated/α-hetero) is 1. The van der Waals surface area contributed by atoms with Crippen LogP contribution < -0.4 is 10.2 Å². The maximum absolute atomic E-state index is 13.0. The second-order valence-electron chi connectivity index (χ2n) is 8.67. The van der Waals surface area contributed by atoms with Crippen molar-refractivity contribution in [1.82, 2.24) is 19.9 Å². The summed E-state index contributed by atoms with van der Waals surface area (Å²) in [5.41, 5.74) is 3.67. The molecule has 2 aromatic heterocycles. The molecule has 0 radical (unpaired) electrons. The number of carbonyl (C=O) groups excluding carboxylic acids is 2. The number of fused-ring (bicyclic) bond motifs is 2. The Morgan fingerprint density at radius 2 is 2.00 bits per heavy atom. The van der Waals surface area contributed by atoms with Crippen LogP contribution in [0.15, 0.2) is 24.5 Å². The number of nitrogens with zero attached hydrogens (tertiary/aromatic N) is 5. The van der Waals surface area contributed by atoms with E-state index in [1.165, 1.54) is 18.3 Å². The summed E-state index contributed by atoms with van der Waals surface area (Å²) >= 11 is 1.36. The van der Waals surface area contributed by atoms with E-state index in [1.54, 1.807) is 6.33 Å². The Kier molecular flexibility index (Phi) is 5.60. The minimum Gasteiger partial charge on any atom is -0.326 e. The van der Waals surface area contributed by atoms with Crippen molar-refractivity contribution in [3.05, 3.63) is 35.1 Å². The van der Waals surface area contributed by atoms with Crippen LogP contribution in [0.25, 0.3) is 10.3 Å². The molecule has 0 bridgehead atoms. The number of hydrogen-bond donors (Lipinski definition) is 1. The van der Waals surface area contributed by atoms with Gasteiger partial charge in [0.25, 0.3) is 0 Å². The molecule has 2 aliphatic heterocycles. The van der Waals surface area contributed by atoms with E-state index >= 15 is 0 Å². The smallest absolute Gasteiger partial charge is 0.221 e. The van der Waals surface area contributed by atoms with Crippen LogP contribution in [0, 0.1) is 5.92 Å². The summed E-state index contributed by atoms with van der Waals surface area (Å²) in [7, 11) is 2.13. The number of rotatable bonds is 5. The zero-order valence-electron chi connectivity index (χ0n) is 18.3. The molecule has 1 amide bonds. The van der Waals surface area contributed by atoms with Crippen molar-refractivity contribution in [3.63, 3.8) is 0 Å². The second-order valence-corrected chi connectivity index (χ2v) is 9.65. The minimum atomic E-state index is -0.0859. The first kappa shape index (κ1) is 21.0. The Bertz CT molecular complexity index is 1180. The van der Waals surface area contributed by atoms with Gasteiger partial charge in [-0.15, -0.1) is 0 Å². The van der Waals surface area contributed by atoms with E-state index in [9.17, 15) is 9.59 Å². The Balaban J connectivity index is 1.40. The van der Waals surface area contributed by atoms with E-state index in [0.29, 0.717) is 22.9 Å². The van der Waals surface area contributed by atoms with Gasteiger partial charge in [-0.05, 0) is 69.1 Å². The monoisotopic (exact) mass is 450 g/mol. The Morgan fingerprint density at radius 3 is 2.78 bits per heavy atom. The molecule has 5 rings (SSSR count). The lowest BCUT2D eigenvalue weighted by molar-refractivity contribution is -0.114. The summed E-state index contributed by atoms with van der Waals surface area (Å²) in [5.74, 6) is 1.18. The molecule has 1 saturated heterocycles. The van der Waals surface area contributed by atoms with Gasteiger partial charge in [0.1, 0.15) is 16.7 Å². The molecule has 0 aliphatic carbocycles. The quantitative estimate of drug-likeness (QED) is 0.593. The Morgan fingerprint density at radius 1 is 1.19 bits per heavy atom. The zero-order valence-corrected chi connectivity index (χ0v) is 19.1. The predicted molar refractivity (Wildman–Crippen MR) is 126 cm³/mol. The molecule has 32 heavy (non-hydrogen) atoms. The summed E-state index contributed by atoms with van der Waals surface area (Å²) < 4.78 is 0. The highest BCUT2D eigenvalue weighted by Crippen LogP contribution is 2.38. The van der Waals surface area contributed by atoms with Crippen molar-refractivity contribution in [2.45, 2.75) is 32.6 Å². The summed E-state index contributed by atoms with van der Waals surface area (Å²) in [6.07, 6.45) is 5.06. The Hall–Kier alpha value is -2.91. The number of benzene rings is 1. The highest BCUT2D eigenvalue weighted by molar-refractivity contribution is 7.20. The topological polar surface area (TPSA) is 91.3 Å². The molecule has 4 heterocycles. The molecule has 9 heteroatoms. The third kappa shape index (κ3) is 4.10. The summed E-state index contributed by atoms with van der Waals surface area (Å²) in [4.78, 5) is 43.1.